The summed E-state index contributed by atoms with van der Waals surface area (Å²) in [5, 5.41) is 0.295. The Bertz CT molecular complexity index is 957. The van der Waals surface area contributed by atoms with Gasteiger partial charge in [-0.3, -0.25) is 4.79 Å². The predicted molar refractivity (Wildman–Crippen MR) is 109 cm³/mol. The lowest BCUT2D eigenvalue weighted by atomic mass is 10.1. The van der Waals surface area contributed by atoms with Gasteiger partial charge in [-0.15, -0.1) is 0 Å². The molecule has 6 nitrogen and oxygen atoms in total. The Labute approximate surface area is 170 Å². The molecule has 0 heterocycles. The van der Waals surface area contributed by atoms with E-state index in [0.717, 1.165) is 11.8 Å². The molecule has 0 aliphatic rings. The van der Waals surface area contributed by atoms with E-state index in [1.807, 2.05) is 13.8 Å². The lowest BCUT2D eigenvalue weighted by molar-refractivity contribution is 0.0742. The summed E-state index contributed by atoms with van der Waals surface area (Å²) in [4.78, 5) is 14.7. The molecule has 8 heteroatoms. The number of sulfone groups is 1. The van der Waals surface area contributed by atoms with E-state index in [4.69, 9.17) is 21.1 Å². The maximum Gasteiger partial charge on any atom is 0.254 e. The molecule has 0 aliphatic carbocycles. The number of methoxy groups -OCH3 is 1. The minimum atomic E-state index is -3.27. The Balaban J connectivity index is 2.29. The first-order valence-corrected chi connectivity index (χ1v) is 10.9. The van der Waals surface area contributed by atoms with Crippen molar-refractivity contribution in [2.24, 2.45) is 0 Å². The zero-order valence-corrected chi connectivity index (χ0v) is 18.1. The molecule has 0 unspecified atom stereocenters. The van der Waals surface area contributed by atoms with E-state index < -0.39 is 9.84 Å². The van der Waals surface area contributed by atoms with Gasteiger partial charge in [0.25, 0.3) is 5.91 Å². The summed E-state index contributed by atoms with van der Waals surface area (Å²) >= 11 is 6.26. The van der Waals surface area contributed by atoms with Crippen LogP contribution >= 0.6 is 11.6 Å². The minimum Gasteiger partial charge on any atom is -0.493 e. The molecule has 0 radical (unpaired) electrons. The Morgan fingerprint density at radius 2 is 1.82 bits per heavy atom. The first kappa shape index (κ1) is 22.0. The average molecular weight is 426 g/mol. The molecule has 28 heavy (non-hydrogen) atoms. The van der Waals surface area contributed by atoms with Gasteiger partial charge in [-0.1, -0.05) is 23.7 Å². The van der Waals surface area contributed by atoms with E-state index >= 15 is 0 Å². The van der Waals surface area contributed by atoms with Crippen LogP contribution in [-0.2, 0) is 9.84 Å². The number of ether oxygens (including phenoxy) is 2. The molecule has 0 bridgehead atoms. The van der Waals surface area contributed by atoms with Gasteiger partial charge >= 0.3 is 0 Å². The van der Waals surface area contributed by atoms with Crippen LogP contribution in [0.2, 0.25) is 5.02 Å². The first-order valence-electron chi connectivity index (χ1n) is 8.67. The van der Waals surface area contributed by atoms with E-state index in [1.54, 1.807) is 36.2 Å². The quantitative estimate of drug-likeness (QED) is 0.670. The van der Waals surface area contributed by atoms with E-state index in [1.165, 1.54) is 19.2 Å². The van der Waals surface area contributed by atoms with E-state index in [2.05, 4.69) is 0 Å². The standard InChI is InChI=1S/C20H24ClNO5S/c1-6-27-19-17(21)11-15(12-18(19)26-4)20(23)22(3)13(2)14-7-9-16(10-8-14)28(5,24)25/h7-13H,6H2,1-5H3/t13-/m0/s1. The van der Waals surface area contributed by atoms with Gasteiger partial charge in [0.15, 0.2) is 21.3 Å². The van der Waals surface area contributed by atoms with Gasteiger partial charge < -0.3 is 14.4 Å². The number of halogens is 1. The number of nitrogens with zero attached hydrogens (tertiary/aromatic N) is 1. The van der Waals surface area contributed by atoms with E-state index in [-0.39, 0.29) is 16.8 Å². The molecule has 2 aromatic carbocycles. The molecule has 0 aliphatic heterocycles. The number of benzene rings is 2. The fourth-order valence-electron chi connectivity index (χ4n) is 2.72. The second-order valence-electron chi connectivity index (χ2n) is 6.36. The molecule has 152 valence electrons. The van der Waals surface area contributed by atoms with Crippen molar-refractivity contribution in [2.75, 3.05) is 27.0 Å². The van der Waals surface area contributed by atoms with Crippen LogP contribution in [-0.4, -0.2) is 46.2 Å². The van der Waals surface area contributed by atoms with Crippen molar-refractivity contribution in [2.45, 2.75) is 24.8 Å². The van der Waals surface area contributed by atoms with Gasteiger partial charge in [-0.25, -0.2) is 8.42 Å². The van der Waals surface area contributed by atoms with Gasteiger partial charge in [0, 0.05) is 18.9 Å². The summed E-state index contributed by atoms with van der Waals surface area (Å²) < 4.78 is 34.0. The third kappa shape index (κ3) is 4.77. The molecule has 0 spiro atoms. The number of rotatable bonds is 7. The maximum atomic E-state index is 13.0. The molecule has 2 rings (SSSR count). The van der Waals surface area contributed by atoms with Crippen LogP contribution in [0.3, 0.4) is 0 Å². The van der Waals surface area contributed by atoms with Gasteiger partial charge in [0.1, 0.15) is 0 Å². The number of hydrogen-bond acceptors (Lipinski definition) is 5. The molecular formula is C20H24ClNO5S. The highest BCUT2D eigenvalue weighted by Crippen LogP contribution is 2.37. The van der Waals surface area contributed by atoms with Crippen molar-refractivity contribution in [3.05, 3.63) is 52.5 Å². The monoisotopic (exact) mass is 425 g/mol. The number of carbonyl (C=O) groups excluding carboxylic acids is 1. The van der Waals surface area contributed by atoms with E-state index in [9.17, 15) is 13.2 Å². The smallest absolute Gasteiger partial charge is 0.254 e. The Kier molecular flexibility index (Phi) is 6.96. The third-order valence-electron chi connectivity index (χ3n) is 4.46. The molecule has 0 fully saturated rings. The second-order valence-corrected chi connectivity index (χ2v) is 8.78. The van der Waals surface area contributed by atoms with Crippen LogP contribution in [0.15, 0.2) is 41.3 Å². The van der Waals surface area contributed by atoms with Crippen molar-refractivity contribution in [1.82, 2.24) is 4.90 Å². The number of hydrogen-bond donors (Lipinski definition) is 0. The average Bonchev–Trinajstić information content (AvgIpc) is 2.67. The third-order valence-corrected chi connectivity index (χ3v) is 5.87. The number of carbonyl (C=O) groups is 1. The lowest BCUT2D eigenvalue weighted by Gasteiger charge is -2.26. The Morgan fingerprint density at radius 1 is 1.21 bits per heavy atom. The Hall–Kier alpha value is -2.25. The van der Waals surface area contributed by atoms with Gasteiger partial charge in [-0.05, 0) is 43.7 Å². The zero-order chi connectivity index (χ0) is 21.1. The molecule has 0 saturated heterocycles. The van der Waals surface area contributed by atoms with Crippen LogP contribution < -0.4 is 9.47 Å². The van der Waals surface area contributed by atoms with Gasteiger partial charge in [0.2, 0.25) is 0 Å². The largest absolute Gasteiger partial charge is 0.493 e. The summed E-state index contributed by atoms with van der Waals surface area (Å²) in [5.41, 5.74) is 1.18. The topological polar surface area (TPSA) is 72.9 Å². The number of amides is 1. The summed E-state index contributed by atoms with van der Waals surface area (Å²) in [6.07, 6.45) is 1.16. The van der Waals surface area contributed by atoms with Crippen LogP contribution in [0.4, 0.5) is 0 Å². The van der Waals surface area contributed by atoms with Crippen molar-refractivity contribution < 1.29 is 22.7 Å². The molecular weight excluding hydrogens is 402 g/mol. The lowest BCUT2D eigenvalue weighted by Crippen LogP contribution is -2.29. The van der Waals surface area contributed by atoms with Crippen molar-refractivity contribution in [3.8, 4) is 11.5 Å². The first-order chi connectivity index (χ1) is 13.1. The summed E-state index contributed by atoms with van der Waals surface area (Å²) in [6.45, 7) is 4.11. The van der Waals surface area contributed by atoms with Crippen molar-refractivity contribution in [3.63, 3.8) is 0 Å². The summed E-state index contributed by atoms with van der Waals surface area (Å²) in [6, 6.07) is 9.35. The maximum absolute atomic E-state index is 13.0. The molecule has 2 aromatic rings. The zero-order valence-electron chi connectivity index (χ0n) is 16.5. The van der Waals surface area contributed by atoms with Gasteiger partial charge in [-0.2, -0.15) is 0 Å². The Morgan fingerprint density at radius 3 is 2.32 bits per heavy atom. The van der Waals surface area contributed by atoms with Gasteiger partial charge in [0.05, 0.1) is 29.7 Å². The molecule has 1 atom stereocenters. The van der Waals surface area contributed by atoms with Crippen molar-refractivity contribution in [1.29, 1.82) is 0 Å². The van der Waals surface area contributed by atoms with Crippen molar-refractivity contribution >= 4 is 27.3 Å². The van der Waals surface area contributed by atoms with Crippen LogP contribution in [0.5, 0.6) is 11.5 Å². The highest BCUT2D eigenvalue weighted by molar-refractivity contribution is 7.90. The van der Waals surface area contributed by atoms with Crippen LogP contribution in [0.1, 0.15) is 35.8 Å². The summed E-state index contributed by atoms with van der Waals surface area (Å²) in [5.74, 6) is 0.537. The minimum absolute atomic E-state index is 0.237. The fraction of sp³-hybridized carbons (Fsp3) is 0.350. The highest BCUT2D eigenvalue weighted by Gasteiger charge is 2.22. The predicted octanol–water partition coefficient (Wildman–Crippen LogP) is 3.98. The molecule has 0 saturated carbocycles. The molecule has 0 N–H and O–H groups in total. The van der Waals surface area contributed by atoms with Crippen LogP contribution in [0, 0.1) is 0 Å². The second kappa shape index (κ2) is 8.84. The fourth-order valence-corrected chi connectivity index (χ4v) is 3.62. The van der Waals surface area contributed by atoms with E-state index in [0.29, 0.717) is 28.7 Å². The molecule has 0 aromatic heterocycles. The van der Waals surface area contributed by atoms with Crippen LogP contribution in [0.25, 0.3) is 0 Å². The normalized spacial score (nSPS) is 12.4. The highest BCUT2D eigenvalue weighted by atomic mass is 35.5. The summed E-state index contributed by atoms with van der Waals surface area (Å²) in [7, 11) is -0.108. The SMILES string of the molecule is CCOc1c(Cl)cc(C(=O)N(C)[C@@H](C)c2ccc(S(C)(=O)=O)cc2)cc1OC. The molecule has 1 amide bonds.